The molecule has 4 nitrogen and oxygen atoms in total. The van der Waals surface area contributed by atoms with Crippen LogP contribution in [0.5, 0.6) is 0 Å². The summed E-state index contributed by atoms with van der Waals surface area (Å²) < 4.78 is 0. The van der Waals surface area contributed by atoms with Crippen LogP contribution in [0.4, 0.5) is 5.69 Å². The van der Waals surface area contributed by atoms with E-state index < -0.39 is 5.97 Å². The lowest BCUT2D eigenvalue weighted by atomic mass is 10.0. The molecule has 0 saturated heterocycles. The van der Waals surface area contributed by atoms with E-state index in [1.807, 2.05) is 30.9 Å². The van der Waals surface area contributed by atoms with Gasteiger partial charge in [-0.2, -0.15) is 0 Å². The number of fused-ring (bicyclic) bond motifs is 1. The van der Waals surface area contributed by atoms with Gasteiger partial charge in [0.1, 0.15) is 0 Å². The van der Waals surface area contributed by atoms with E-state index in [1.54, 1.807) is 0 Å². The van der Waals surface area contributed by atoms with Crippen LogP contribution in [0.1, 0.15) is 37.8 Å². The van der Waals surface area contributed by atoms with Crippen LogP contribution in [0.3, 0.4) is 0 Å². The van der Waals surface area contributed by atoms with Gasteiger partial charge in [-0.05, 0) is 36.5 Å². The lowest BCUT2D eigenvalue weighted by molar-refractivity contribution is -0.137. The fourth-order valence-electron chi connectivity index (χ4n) is 2.59. The Morgan fingerprint density at radius 3 is 2.75 bits per heavy atom. The number of carbonyl (C=O) groups excluding carboxylic acids is 1. The van der Waals surface area contributed by atoms with Crippen molar-refractivity contribution in [1.82, 2.24) is 0 Å². The number of carboxylic acid groups (broad SMARTS) is 1. The maximum Gasteiger partial charge on any atom is 0.303 e. The van der Waals surface area contributed by atoms with E-state index in [2.05, 4.69) is 6.07 Å². The Hall–Kier alpha value is -1.84. The fourth-order valence-corrected chi connectivity index (χ4v) is 2.59. The number of aryl methyl sites for hydroxylation is 1. The van der Waals surface area contributed by atoms with Crippen molar-refractivity contribution in [1.29, 1.82) is 0 Å². The summed E-state index contributed by atoms with van der Waals surface area (Å²) in [6.07, 6.45) is 2.52. The Kier molecular flexibility index (Phi) is 4.42. The number of aliphatic carboxylic acids is 1. The number of hydrogen-bond donors (Lipinski definition) is 1. The molecule has 2 rings (SSSR count). The molecule has 0 radical (unpaired) electrons. The lowest BCUT2D eigenvalue weighted by Gasteiger charge is -2.19. The molecule has 0 fully saturated rings. The van der Waals surface area contributed by atoms with Gasteiger partial charge >= 0.3 is 5.97 Å². The summed E-state index contributed by atoms with van der Waals surface area (Å²) in [5.41, 5.74) is 3.38. The van der Waals surface area contributed by atoms with Crippen molar-refractivity contribution in [3.8, 4) is 0 Å². The third-order valence-corrected chi connectivity index (χ3v) is 3.66. The Bertz CT molecular complexity index is 522. The number of anilines is 1. The molecule has 1 N–H and O–H groups in total. The zero-order valence-corrected chi connectivity index (χ0v) is 12.1. The van der Waals surface area contributed by atoms with Crippen LogP contribution in [0.25, 0.3) is 0 Å². The Balaban J connectivity index is 2.06. The largest absolute Gasteiger partial charge is 0.481 e. The van der Waals surface area contributed by atoms with Crippen LogP contribution < -0.4 is 4.90 Å². The van der Waals surface area contributed by atoms with Gasteiger partial charge in [-0.15, -0.1) is 0 Å². The zero-order valence-electron chi connectivity index (χ0n) is 12.1. The molecule has 0 aromatic heterocycles. The molecule has 1 amide bonds. The summed E-state index contributed by atoms with van der Waals surface area (Å²) in [4.78, 5) is 24.5. The Morgan fingerprint density at radius 1 is 1.35 bits per heavy atom. The monoisotopic (exact) mass is 275 g/mol. The van der Waals surface area contributed by atoms with Gasteiger partial charge in [-0.25, -0.2) is 0 Å². The quantitative estimate of drug-likeness (QED) is 0.898. The standard InChI is InChI=1S/C16H21NO3/c1-11(2)16(20)17-9-8-13-10-12(6-7-14(13)17)4-3-5-15(18)19/h6-7,10-11H,3-5,8-9H2,1-2H3,(H,18,19). The average Bonchev–Trinajstić information content (AvgIpc) is 2.80. The molecule has 0 saturated carbocycles. The van der Waals surface area contributed by atoms with E-state index in [0.29, 0.717) is 6.42 Å². The number of nitrogens with zero attached hydrogens (tertiary/aromatic N) is 1. The number of rotatable bonds is 5. The first-order valence-electron chi connectivity index (χ1n) is 7.14. The Morgan fingerprint density at radius 2 is 2.10 bits per heavy atom. The highest BCUT2D eigenvalue weighted by molar-refractivity contribution is 5.96. The minimum atomic E-state index is -0.750. The van der Waals surface area contributed by atoms with E-state index >= 15 is 0 Å². The van der Waals surface area contributed by atoms with Crippen molar-refractivity contribution in [3.63, 3.8) is 0 Å². The van der Waals surface area contributed by atoms with Gasteiger partial charge in [-0.1, -0.05) is 26.0 Å². The summed E-state index contributed by atoms with van der Waals surface area (Å²) >= 11 is 0. The van der Waals surface area contributed by atoms with Crippen molar-refractivity contribution in [2.45, 2.75) is 39.5 Å². The molecule has 1 heterocycles. The molecule has 0 spiro atoms. The fraction of sp³-hybridized carbons (Fsp3) is 0.500. The number of hydrogen-bond acceptors (Lipinski definition) is 2. The molecule has 108 valence electrons. The second kappa shape index (κ2) is 6.07. The lowest BCUT2D eigenvalue weighted by Crippen LogP contribution is -2.32. The summed E-state index contributed by atoms with van der Waals surface area (Å²) in [5.74, 6) is -0.571. The van der Waals surface area contributed by atoms with Crippen molar-refractivity contribution < 1.29 is 14.7 Å². The van der Waals surface area contributed by atoms with E-state index in [4.69, 9.17) is 5.11 Å². The van der Waals surface area contributed by atoms with E-state index in [1.165, 1.54) is 5.56 Å². The second-order valence-corrected chi connectivity index (χ2v) is 5.60. The van der Waals surface area contributed by atoms with Crippen LogP contribution in [0.15, 0.2) is 18.2 Å². The third-order valence-electron chi connectivity index (χ3n) is 3.66. The van der Waals surface area contributed by atoms with Crippen molar-refractivity contribution >= 4 is 17.6 Å². The number of amides is 1. The SMILES string of the molecule is CC(C)C(=O)N1CCc2cc(CCCC(=O)O)ccc21. The van der Waals surface area contributed by atoms with E-state index in [-0.39, 0.29) is 18.2 Å². The van der Waals surface area contributed by atoms with E-state index in [0.717, 1.165) is 30.6 Å². The summed E-state index contributed by atoms with van der Waals surface area (Å²) in [7, 11) is 0. The van der Waals surface area contributed by atoms with Gasteiger partial charge in [0.05, 0.1) is 0 Å². The van der Waals surface area contributed by atoms with Crippen molar-refractivity contribution in [2.75, 3.05) is 11.4 Å². The molecule has 20 heavy (non-hydrogen) atoms. The predicted molar refractivity (Wildman–Crippen MR) is 77.9 cm³/mol. The molecule has 4 heteroatoms. The molecule has 1 aromatic carbocycles. The molecule has 1 aromatic rings. The highest BCUT2D eigenvalue weighted by atomic mass is 16.4. The van der Waals surface area contributed by atoms with Gasteiger partial charge in [0.25, 0.3) is 0 Å². The average molecular weight is 275 g/mol. The minimum Gasteiger partial charge on any atom is -0.481 e. The topological polar surface area (TPSA) is 57.6 Å². The van der Waals surface area contributed by atoms with Gasteiger partial charge < -0.3 is 10.0 Å². The molecule has 1 aliphatic rings. The van der Waals surface area contributed by atoms with Crippen molar-refractivity contribution in [2.24, 2.45) is 5.92 Å². The smallest absolute Gasteiger partial charge is 0.303 e. The highest BCUT2D eigenvalue weighted by Crippen LogP contribution is 2.30. The van der Waals surface area contributed by atoms with Gasteiger partial charge in [0.2, 0.25) is 5.91 Å². The van der Waals surface area contributed by atoms with Crippen LogP contribution in [0.2, 0.25) is 0 Å². The van der Waals surface area contributed by atoms with Gasteiger partial charge in [0, 0.05) is 24.6 Å². The molecule has 0 bridgehead atoms. The molecule has 0 atom stereocenters. The van der Waals surface area contributed by atoms with Gasteiger partial charge in [0.15, 0.2) is 0 Å². The second-order valence-electron chi connectivity index (χ2n) is 5.60. The number of carbonyl (C=O) groups is 2. The predicted octanol–water partition coefficient (Wildman–Crippen LogP) is 2.64. The van der Waals surface area contributed by atoms with Gasteiger partial charge in [-0.3, -0.25) is 9.59 Å². The first kappa shape index (κ1) is 14.6. The summed E-state index contributed by atoms with van der Waals surface area (Å²) in [6.45, 7) is 4.59. The summed E-state index contributed by atoms with van der Waals surface area (Å²) in [5, 5.41) is 8.65. The first-order valence-corrected chi connectivity index (χ1v) is 7.14. The molecule has 0 unspecified atom stereocenters. The highest BCUT2D eigenvalue weighted by Gasteiger charge is 2.26. The van der Waals surface area contributed by atoms with Crippen LogP contribution in [0, 0.1) is 5.92 Å². The zero-order chi connectivity index (χ0) is 14.7. The van der Waals surface area contributed by atoms with Crippen LogP contribution in [-0.4, -0.2) is 23.5 Å². The number of benzene rings is 1. The molecular weight excluding hydrogens is 254 g/mol. The van der Waals surface area contributed by atoms with Crippen molar-refractivity contribution in [3.05, 3.63) is 29.3 Å². The van der Waals surface area contributed by atoms with E-state index in [9.17, 15) is 9.59 Å². The van der Waals surface area contributed by atoms with Crippen LogP contribution >= 0.6 is 0 Å². The number of carboxylic acids is 1. The van der Waals surface area contributed by atoms with Crippen LogP contribution in [-0.2, 0) is 22.4 Å². The molecular formula is C16H21NO3. The maximum absolute atomic E-state index is 12.1. The maximum atomic E-state index is 12.1. The third kappa shape index (κ3) is 3.18. The normalized spacial score (nSPS) is 13.7. The summed E-state index contributed by atoms with van der Waals surface area (Å²) in [6, 6.07) is 6.12. The molecule has 1 aliphatic heterocycles. The Labute approximate surface area is 119 Å². The minimum absolute atomic E-state index is 0.0104. The molecule has 0 aliphatic carbocycles. The first-order chi connectivity index (χ1) is 9.49.